The highest BCUT2D eigenvalue weighted by Gasteiger charge is 2.24. The van der Waals surface area contributed by atoms with Gasteiger partial charge in [0.15, 0.2) is 11.6 Å². The molecule has 144 valence electrons. The van der Waals surface area contributed by atoms with E-state index in [9.17, 15) is 19.3 Å². The van der Waals surface area contributed by atoms with Crippen LogP contribution in [0.3, 0.4) is 0 Å². The largest absolute Gasteiger partial charge is 0.462 e. The van der Waals surface area contributed by atoms with Crippen LogP contribution < -0.4 is 5.73 Å². The first-order chi connectivity index (χ1) is 12.8. The molecule has 10 heteroatoms. The molecular formula is C17H20FN5O4. The average Bonchev–Trinajstić information content (AvgIpc) is 2.99. The molecule has 0 aliphatic rings. The molecule has 0 saturated heterocycles. The van der Waals surface area contributed by atoms with Gasteiger partial charge < -0.3 is 10.5 Å². The van der Waals surface area contributed by atoms with E-state index in [1.54, 1.807) is 19.9 Å². The van der Waals surface area contributed by atoms with Crippen molar-refractivity contribution in [3.8, 4) is 0 Å². The number of hydrogen-bond donors (Lipinski definition) is 1. The fourth-order valence-corrected chi connectivity index (χ4v) is 2.71. The standard InChI is InChI=1S/C17H20FN5O4/c1-4-27-17(24)12-8-22-15(16(19)20-9-21-22)14(12)10(2)6-5-7-13(11(3)18)23(25)26/h5-6,8-10H,4,7H2,1-3H3,(H2,19,20,21)/b6-5-,13-11-. The Labute approximate surface area is 154 Å². The van der Waals surface area contributed by atoms with Gasteiger partial charge in [-0.2, -0.15) is 5.10 Å². The van der Waals surface area contributed by atoms with Crippen LogP contribution in [0.4, 0.5) is 10.2 Å². The number of carbonyl (C=O) groups excluding carboxylic acids is 1. The second kappa shape index (κ2) is 8.39. The molecule has 0 amide bonds. The lowest BCUT2D eigenvalue weighted by atomic mass is 9.97. The van der Waals surface area contributed by atoms with Gasteiger partial charge in [0.1, 0.15) is 11.8 Å². The molecule has 2 N–H and O–H groups in total. The number of ether oxygens (including phenoxy) is 1. The molecule has 1 atom stereocenters. The maximum Gasteiger partial charge on any atom is 0.340 e. The lowest BCUT2D eigenvalue weighted by Gasteiger charge is -2.10. The minimum Gasteiger partial charge on any atom is -0.462 e. The number of nitrogen functional groups attached to an aromatic ring is 1. The van der Waals surface area contributed by atoms with Crippen LogP contribution in [0, 0.1) is 10.1 Å². The molecule has 2 heterocycles. The summed E-state index contributed by atoms with van der Waals surface area (Å²) in [5.74, 6) is -1.59. The molecule has 0 radical (unpaired) electrons. The molecule has 2 rings (SSSR count). The Morgan fingerprint density at radius 2 is 2.26 bits per heavy atom. The topological polar surface area (TPSA) is 126 Å². The van der Waals surface area contributed by atoms with E-state index in [1.807, 2.05) is 0 Å². The Kier molecular flexibility index (Phi) is 6.22. The van der Waals surface area contributed by atoms with E-state index in [2.05, 4.69) is 10.1 Å². The van der Waals surface area contributed by atoms with Crippen molar-refractivity contribution in [3.63, 3.8) is 0 Å². The zero-order valence-electron chi connectivity index (χ0n) is 15.2. The first-order valence-corrected chi connectivity index (χ1v) is 8.23. The van der Waals surface area contributed by atoms with Crippen molar-refractivity contribution in [3.05, 3.63) is 57.4 Å². The van der Waals surface area contributed by atoms with Crippen molar-refractivity contribution in [2.75, 3.05) is 12.3 Å². The number of rotatable bonds is 7. The second-order valence-electron chi connectivity index (χ2n) is 5.77. The van der Waals surface area contributed by atoms with Gasteiger partial charge in [-0.05, 0) is 13.8 Å². The number of aromatic nitrogens is 3. The maximum absolute atomic E-state index is 13.2. The van der Waals surface area contributed by atoms with E-state index < -0.39 is 22.4 Å². The molecule has 1 unspecified atom stereocenters. The number of halogens is 1. The molecular weight excluding hydrogens is 357 g/mol. The summed E-state index contributed by atoms with van der Waals surface area (Å²) in [6, 6.07) is 0. The monoisotopic (exact) mass is 377 g/mol. The number of anilines is 1. The lowest BCUT2D eigenvalue weighted by molar-refractivity contribution is -0.429. The smallest absolute Gasteiger partial charge is 0.340 e. The number of nitro groups is 1. The number of nitrogens with zero attached hydrogens (tertiary/aromatic N) is 4. The molecule has 0 aromatic carbocycles. The minimum absolute atomic E-state index is 0.182. The van der Waals surface area contributed by atoms with E-state index in [0.29, 0.717) is 11.1 Å². The third kappa shape index (κ3) is 4.27. The van der Waals surface area contributed by atoms with Gasteiger partial charge in [0, 0.05) is 17.7 Å². The van der Waals surface area contributed by atoms with Crippen LogP contribution in [-0.4, -0.2) is 32.1 Å². The van der Waals surface area contributed by atoms with E-state index in [4.69, 9.17) is 10.5 Å². The first kappa shape index (κ1) is 20.0. The van der Waals surface area contributed by atoms with Gasteiger partial charge in [0.25, 0.3) is 5.70 Å². The molecule has 0 bridgehead atoms. The zero-order chi connectivity index (χ0) is 20.1. The van der Waals surface area contributed by atoms with E-state index in [1.165, 1.54) is 23.1 Å². The fourth-order valence-electron chi connectivity index (χ4n) is 2.71. The van der Waals surface area contributed by atoms with Crippen molar-refractivity contribution < 1.29 is 18.8 Å². The summed E-state index contributed by atoms with van der Waals surface area (Å²) in [6.45, 7) is 4.70. The zero-order valence-corrected chi connectivity index (χ0v) is 15.2. The minimum atomic E-state index is -0.850. The van der Waals surface area contributed by atoms with Crippen LogP contribution >= 0.6 is 0 Å². The van der Waals surface area contributed by atoms with Gasteiger partial charge in [-0.1, -0.05) is 19.1 Å². The second-order valence-corrected chi connectivity index (χ2v) is 5.77. The fraction of sp³-hybridized carbons (Fsp3) is 0.353. The highest BCUT2D eigenvalue weighted by atomic mass is 19.1. The van der Waals surface area contributed by atoms with Crippen molar-refractivity contribution in [2.24, 2.45) is 0 Å². The summed E-state index contributed by atoms with van der Waals surface area (Å²) in [6.07, 6.45) is 5.69. The number of fused-ring (bicyclic) bond motifs is 1. The van der Waals surface area contributed by atoms with Crippen LogP contribution in [0.25, 0.3) is 5.52 Å². The molecule has 2 aromatic rings. The molecule has 2 aromatic heterocycles. The third-order valence-corrected chi connectivity index (χ3v) is 3.95. The molecule has 0 aliphatic heterocycles. The van der Waals surface area contributed by atoms with Crippen LogP contribution in [0.2, 0.25) is 0 Å². The summed E-state index contributed by atoms with van der Waals surface area (Å²) in [5.41, 5.74) is 6.68. The van der Waals surface area contributed by atoms with Crippen molar-refractivity contribution in [1.29, 1.82) is 0 Å². The number of carbonyl (C=O) groups is 1. The first-order valence-electron chi connectivity index (χ1n) is 8.23. The molecule has 9 nitrogen and oxygen atoms in total. The summed E-state index contributed by atoms with van der Waals surface area (Å²) in [7, 11) is 0. The van der Waals surface area contributed by atoms with Gasteiger partial charge in [-0.3, -0.25) is 10.1 Å². The summed E-state index contributed by atoms with van der Waals surface area (Å²) in [5, 5.41) is 14.9. The SMILES string of the molecule is CCOC(=O)c1cn2ncnc(N)c2c1C(C)/C=C\C/C(=C(\C)F)[N+](=O)[O-]. The molecule has 27 heavy (non-hydrogen) atoms. The van der Waals surface area contributed by atoms with Crippen LogP contribution in [0.5, 0.6) is 0 Å². The predicted octanol–water partition coefficient (Wildman–Crippen LogP) is 3.02. The number of nitrogens with two attached hydrogens (primary N) is 1. The van der Waals surface area contributed by atoms with Gasteiger partial charge in [0.05, 0.1) is 23.5 Å². The maximum atomic E-state index is 13.2. The normalized spacial score (nSPS) is 13.6. The lowest BCUT2D eigenvalue weighted by Crippen LogP contribution is -2.07. The van der Waals surface area contributed by atoms with Crippen LogP contribution in [-0.2, 0) is 4.74 Å². The van der Waals surface area contributed by atoms with Gasteiger partial charge in [-0.25, -0.2) is 18.7 Å². The van der Waals surface area contributed by atoms with E-state index >= 15 is 0 Å². The molecule has 0 saturated carbocycles. The Bertz CT molecular complexity index is 931. The quantitative estimate of drug-likeness (QED) is 0.340. The molecule has 0 aliphatic carbocycles. The number of esters is 1. The molecule has 0 fully saturated rings. The van der Waals surface area contributed by atoms with Crippen molar-refractivity contribution in [1.82, 2.24) is 14.6 Å². The van der Waals surface area contributed by atoms with Crippen LogP contribution in [0.1, 0.15) is 49.0 Å². The highest BCUT2D eigenvalue weighted by molar-refractivity contribution is 5.95. The van der Waals surface area contributed by atoms with Crippen molar-refractivity contribution in [2.45, 2.75) is 33.1 Å². The summed E-state index contributed by atoms with van der Waals surface area (Å²) < 4.78 is 19.8. The Morgan fingerprint density at radius 1 is 1.56 bits per heavy atom. The van der Waals surface area contributed by atoms with Gasteiger partial charge in [0.2, 0.25) is 0 Å². The van der Waals surface area contributed by atoms with Gasteiger partial charge in [-0.15, -0.1) is 0 Å². The Hall–Kier alpha value is -3.30. The van der Waals surface area contributed by atoms with Gasteiger partial charge >= 0.3 is 5.97 Å². The number of allylic oxidation sites excluding steroid dienone is 3. The predicted molar refractivity (Wildman–Crippen MR) is 96.3 cm³/mol. The van der Waals surface area contributed by atoms with Crippen LogP contribution in [0.15, 0.2) is 36.2 Å². The average molecular weight is 377 g/mol. The van der Waals surface area contributed by atoms with E-state index in [-0.39, 0.29) is 30.3 Å². The highest BCUT2D eigenvalue weighted by Crippen LogP contribution is 2.31. The van der Waals surface area contributed by atoms with E-state index in [0.717, 1.165) is 6.92 Å². The summed E-state index contributed by atoms with van der Waals surface area (Å²) >= 11 is 0. The third-order valence-electron chi connectivity index (χ3n) is 3.95. The number of hydrogen-bond acceptors (Lipinski definition) is 7. The summed E-state index contributed by atoms with van der Waals surface area (Å²) in [4.78, 5) is 26.4. The Morgan fingerprint density at radius 3 is 2.85 bits per heavy atom. The Balaban J connectivity index is 2.45. The van der Waals surface area contributed by atoms with Crippen molar-refractivity contribution >= 4 is 17.3 Å². The molecule has 0 spiro atoms.